The van der Waals surface area contributed by atoms with Crippen LogP contribution in [0.1, 0.15) is 0 Å². The maximum atomic E-state index is 5.46. The number of hydrogen-bond donors (Lipinski definition) is 1. The van der Waals surface area contributed by atoms with Gasteiger partial charge in [-0.3, -0.25) is 0 Å². The van der Waals surface area contributed by atoms with Crippen molar-refractivity contribution in [3.63, 3.8) is 0 Å². The molecule has 6 heteroatoms. The van der Waals surface area contributed by atoms with E-state index in [4.69, 9.17) is 14.2 Å². The first kappa shape index (κ1) is 17.8. The fourth-order valence-electron chi connectivity index (χ4n) is 3.04. The topological polar surface area (TPSA) is 43.5 Å². The first-order valence-electron chi connectivity index (χ1n) is 8.35. The summed E-state index contributed by atoms with van der Waals surface area (Å²) in [5, 5.41) is 5.45. The quantitative estimate of drug-likeness (QED) is 0.429. The lowest BCUT2D eigenvalue weighted by molar-refractivity contribution is 0.323. The number of aromatic nitrogens is 1. The molecule has 4 aromatic rings. The van der Waals surface area contributed by atoms with Gasteiger partial charge in [0.2, 0.25) is 5.75 Å². The van der Waals surface area contributed by atoms with E-state index in [1.807, 2.05) is 18.3 Å². The van der Waals surface area contributed by atoms with Gasteiger partial charge in [0.05, 0.1) is 21.3 Å². The predicted molar refractivity (Wildman–Crippen MR) is 112 cm³/mol. The highest BCUT2D eigenvalue weighted by Crippen LogP contribution is 2.44. The number of hydrogen-bond acceptors (Lipinski definition) is 5. The summed E-state index contributed by atoms with van der Waals surface area (Å²) in [7, 11) is 4.87. The molecule has 0 amide bonds. The zero-order valence-electron chi connectivity index (χ0n) is 15.2. The molecule has 0 aliphatic rings. The zero-order chi connectivity index (χ0) is 18.8. The molecule has 4 nitrogen and oxygen atoms in total. The summed E-state index contributed by atoms with van der Waals surface area (Å²) in [5.41, 5.74) is 3.58. The highest BCUT2D eigenvalue weighted by molar-refractivity contribution is 7.99. The molecular weight excluding hydrogens is 378 g/mol. The minimum atomic E-state index is 0.601. The Morgan fingerprint density at radius 1 is 0.889 bits per heavy atom. The van der Waals surface area contributed by atoms with Crippen LogP contribution in [0.4, 0.5) is 0 Å². The number of nitrogens with one attached hydrogen (secondary N) is 1. The Balaban J connectivity index is 1.69. The van der Waals surface area contributed by atoms with Gasteiger partial charge in [-0.2, -0.15) is 11.3 Å². The summed E-state index contributed by atoms with van der Waals surface area (Å²) >= 11 is 3.37. The third-order valence-electron chi connectivity index (χ3n) is 4.36. The van der Waals surface area contributed by atoms with Gasteiger partial charge in [0.1, 0.15) is 0 Å². The van der Waals surface area contributed by atoms with E-state index in [0.717, 1.165) is 15.3 Å². The monoisotopic (exact) mass is 397 g/mol. The molecule has 0 unspecified atom stereocenters. The number of methoxy groups -OCH3 is 3. The highest BCUT2D eigenvalue weighted by atomic mass is 32.2. The Hall–Kier alpha value is -2.57. The predicted octanol–water partition coefficient (Wildman–Crippen LogP) is 6.07. The van der Waals surface area contributed by atoms with E-state index >= 15 is 0 Å². The second kappa shape index (κ2) is 7.58. The van der Waals surface area contributed by atoms with Crippen LogP contribution in [0.5, 0.6) is 17.2 Å². The normalized spacial score (nSPS) is 10.9. The standard InChI is InChI=1S/C21H19NO3S2/c1-23-18-9-15(10-19(24-2)21(18)25-3)27-20-11-22-17-8-13(4-5-16(17)20)14-6-7-26-12-14/h4-12,22H,1-3H3. The van der Waals surface area contributed by atoms with Crippen LogP contribution in [0, 0.1) is 0 Å². The van der Waals surface area contributed by atoms with E-state index < -0.39 is 0 Å². The first-order valence-corrected chi connectivity index (χ1v) is 10.1. The largest absolute Gasteiger partial charge is 0.493 e. The summed E-state index contributed by atoms with van der Waals surface area (Å²) in [6, 6.07) is 12.6. The van der Waals surface area contributed by atoms with Gasteiger partial charge in [0, 0.05) is 26.9 Å². The minimum absolute atomic E-state index is 0.601. The fraction of sp³-hybridized carbons (Fsp3) is 0.143. The molecule has 2 heterocycles. The Morgan fingerprint density at radius 3 is 2.30 bits per heavy atom. The summed E-state index contributed by atoms with van der Waals surface area (Å²) in [6.45, 7) is 0. The van der Waals surface area contributed by atoms with Crippen molar-refractivity contribution >= 4 is 34.0 Å². The number of thiophene rings is 1. The number of H-pyrrole nitrogens is 1. The van der Waals surface area contributed by atoms with Crippen molar-refractivity contribution in [2.75, 3.05) is 21.3 Å². The average molecular weight is 398 g/mol. The van der Waals surface area contributed by atoms with E-state index in [1.54, 1.807) is 44.4 Å². The van der Waals surface area contributed by atoms with E-state index in [-0.39, 0.29) is 0 Å². The van der Waals surface area contributed by atoms with Crippen LogP contribution >= 0.6 is 23.1 Å². The van der Waals surface area contributed by atoms with Crippen LogP contribution in [0.2, 0.25) is 0 Å². The molecule has 0 aliphatic carbocycles. The van der Waals surface area contributed by atoms with Gasteiger partial charge in [-0.1, -0.05) is 23.9 Å². The van der Waals surface area contributed by atoms with Crippen LogP contribution < -0.4 is 14.2 Å². The van der Waals surface area contributed by atoms with Crippen LogP contribution in [0.3, 0.4) is 0 Å². The zero-order valence-corrected chi connectivity index (χ0v) is 16.9. The lowest BCUT2D eigenvalue weighted by Crippen LogP contribution is -1.95. The molecule has 2 aromatic carbocycles. The van der Waals surface area contributed by atoms with E-state index in [2.05, 4.69) is 40.0 Å². The second-order valence-corrected chi connectivity index (χ2v) is 7.78. The van der Waals surface area contributed by atoms with Crippen molar-refractivity contribution in [1.29, 1.82) is 0 Å². The highest BCUT2D eigenvalue weighted by Gasteiger charge is 2.15. The Bertz CT molecular complexity index is 1050. The van der Waals surface area contributed by atoms with Gasteiger partial charge in [-0.15, -0.1) is 0 Å². The fourth-order valence-corrected chi connectivity index (χ4v) is 4.69. The maximum absolute atomic E-state index is 5.46. The van der Waals surface area contributed by atoms with Gasteiger partial charge in [-0.05, 0) is 46.2 Å². The van der Waals surface area contributed by atoms with Gasteiger partial charge < -0.3 is 19.2 Å². The van der Waals surface area contributed by atoms with Crippen LogP contribution in [-0.2, 0) is 0 Å². The van der Waals surface area contributed by atoms with Crippen LogP contribution in [0.15, 0.2) is 63.1 Å². The van der Waals surface area contributed by atoms with Crippen molar-refractivity contribution in [1.82, 2.24) is 4.98 Å². The molecule has 0 fully saturated rings. The number of fused-ring (bicyclic) bond motifs is 1. The maximum Gasteiger partial charge on any atom is 0.203 e. The first-order chi connectivity index (χ1) is 13.2. The molecule has 0 bridgehead atoms. The van der Waals surface area contributed by atoms with Gasteiger partial charge in [0.25, 0.3) is 0 Å². The van der Waals surface area contributed by atoms with Crippen molar-refractivity contribution < 1.29 is 14.2 Å². The average Bonchev–Trinajstić information content (AvgIpc) is 3.37. The third kappa shape index (κ3) is 3.38. The molecule has 2 aromatic heterocycles. The number of benzene rings is 2. The number of aromatic amines is 1. The molecule has 0 saturated carbocycles. The smallest absolute Gasteiger partial charge is 0.203 e. The van der Waals surface area contributed by atoms with Crippen molar-refractivity contribution in [3.8, 4) is 28.4 Å². The molecule has 0 saturated heterocycles. The van der Waals surface area contributed by atoms with Gasteiger partial charge in [0.15, 0.2) is 11.5 Å². The van der Waals surface area contributed by atoms with Crippen molar-refractivity contribution in [2.24, 2.45) is 0 Å². The summed E-state index contributed by atoms with van der Waals surface area (Å²) < 4.78 is 16.3. The molecular formula is C21H19NO3S2. The molecule has 4 rings (SSSR count). The molecule has 0 atom stereocenters. The lowest BCUT2D eigenvalue weighted by Gasteiger charge is -2.13. The van der Waals surface area contributed by atoms with E-state index in [0.29, 0.717) is 17.2 Å². The van der Waals surface area contributed by atoms with Crippen molar-refractivity contribution in [2.45, 2.75) is 9.79 Å². The number of rotatable bonds is 6. The second-order valence-electron chi connectivity index (χ2n) is 5.89. The van der Waals surface area contributed by atoms with E-state index in [9.17, 15) is 0 Å². The Morgan fingerprint density at radius 2 is 1.67 bits per heavy atom. The van der Waals surface area contributed by atoms with Crippen LogP contribution in [-0.4, -0.2) is 26.3 Å². The molecule has 0 aliphatic heterocycles. The molecule has 0 spiro atoms. The Kier molecular flexibility index (Phi) is 5.01. The Labute approximate surface area is 166 Å². The SMILES string of the molecule is COc1cc(Sc2c[nH]c3cc(-c4ccsc4)ccc23)cc(OC)c1OC. The summed E-state index contributed by atoms with van der Waals surface area (Å²) in [6.07, 6.45) is 2.04. The summed E-state index contributed by atoms with van der Waals surface area (Å²) in [5.74, 6) is 1.90. The lowest BCUT2D eigenvalue weighted by atomic mass is 10.1. The third-order valence-corrected chi connectivity index (χ3v) is 6.08. The van der Waals surface area contributed by atoms with Gasteiger partial charge >= 0.3 is 0 Å². The molecule has 0 radical (unpaired) electrons. The van der Waals surface area contributed by atoms with Crippen molar-refractivity contribution in [3.05, 3.63) is 53.4 Å². The minimum Gasteiger partial charge on any atom is -0.493 e. The van der Waals surface area contributed by atoms with E-state index in [1.165, 1.54) is 16.5 Å². The molecule has 27 heavy (non-hydrogen) atoms. The van der Waals surface area contributed by atoms with Gasteiger partial charge in [-0.25, -0.2) is 0 Å². The summed E-state index contributed by atoms with van der Waals surface area (Å²) in [4.78, 5) is 5.56. The number of ether oxygens (including phenoxy) is 3. The molecule has 138 valence electrons. The van der Waals surface area contributed by atoms with Crippen LogP contribution in [0.25, 0.3) is 22.0 Å². The molecule has 1 N–H and O–H groups in total.